The van der Waals surface area contributed by atoms with E-state index >= 15 is 0 Å². The monoisotopic (exact) mass is 334 g/mol. The van der Waals surface area contributed by atoms with E-state index in [0.717, 1.165) is 36.3 Å². The number of carbonyl (C=O) groups is 1. The first-order valence-electron chi connectivity index (χ1n) is 8.90. The van der Waals surface area contributed by atoms with E-state index in [1.807, 2.05) is 12.1 Å². The van der Waals surface area contributed by atoms with Crippen LogP contribution in [0.4, 0.5) is 0 Å². The summed E-state index contributed by atoms with van der Waals surface area (Å²) in [6.45, 7) is 2.83. The Morgan fingerprint density at radius 2 is 2.04 bits per heavy atom. The Labute approximate surface area is 146 Å². The van der Waals surface area contributed by atoms with Crippen molar-refractivity contribution in [2.75, 3.05) is 6.54 Å². The Bertz CT molecular complexity index is 851. The molecule has 1 aliphatic rings. The standard InChI is InChI=1S/C20H22N4O/c1-2-13-5-7-14(8-6-13)9-11-22-20(25)16-12-15(16)18-23-17-4-3-10-21-19(17)24-18/h3-8,10,15-16H,2,9,11-12H2,1H3,(H,22,25)(H,21,23,24)/t15-,16+/m0/s1. The van der Waals surface area contributed by atoms with E-state index in [2.05, 4.69) is 51.5 Å². The van der Waals surface area contributed by atoms with Crippen LogP contribution in [0.1, 0.15) is 36.2 Å². The van der Waals surface area contributed by atoms with Gasteiger partial charge in [0.2, 0.25) is 5.91 Å². The number of nitrogens with one attached hydrogen (secondary N) is 2. The van der Waals surface area contributed by atoms with E-state index < -0.39 is 0 Å². The molecule has 1 aliphatic carbocycles. The molecule has 2 heterocycles. The summed E-state index contributed by atoms with van der Waals surface area (Å²) in [7, 11) is 0. The topological polar surface area (TPSA) is 70.7 Å². The molecule has 128 valence electrons. The second-order valence-electron chi connectivity index (χ2n) is 6.66. The van der Waals surface area contributed by atoms with Crippen molar-refractivity contribution in [1.82, 2.24) is 20.3 Å². The maximum atomic E-state index is 12.3. The second kappa shape index (κ2) is 6.67. The molecule has 2 atom stereocenters. The highest BCUT2D eigenvalue weighted by Crippen LogP contribution is 2.46. The van der Waals surface area contributed by atoms with E-state index in [0.29, 0.717) is 6.54 Å². The first-order chi connectivity index (χ1) is 12.2. The van der Waals surface area contributed by atoms with E-state index in [1.165, 1.54) is 11.1 Å². The van der Waals surface area contributed by atoms with Gasteiger partial charge in [0.05, 0.1) is 5.52 Å². The zero-order valence-corrected chi connectivity index (χ0v) is 14.3. The van der Waals surface area contributed by atoms with Crippen molar-refractivity contribution in [3.8, 4) is 0 Å². The zero-order valence-electron chi connectivity index (χ0n) is 14.3. The Kier molecular flexibility index (Phi) is 4.22. The molecule has 5 heteroatoms. The van der Waals surface area contributed by atoms with Crippen molar-refractivity contribution in [3.63, 3.8) is 0 Å². The summed E-state index contributed by atoms with van der Waals surface area (Å²) in [6.07, 6.45) is 4.51. The van der Waals surface area contributed by atoms with Gasteiger partial charge >= 0.3 is 0 Å². The molecule has 1 aromatic carbocycles. The van der Waals surface area contributed by atoms with Crippen molar-refractivity contribution in [2.24, 2.45) is 5.92 Å². The van der Waals surface area contributed by atoms with Crippen molar-refractivity contribution >= 4 is 17.1 Å². The Hall–Kier alpha value is -2.69. The van der Waals surface area contributed by atoms with Gasteiger partial charge in [-0.15, -0.1) is 0 Å². The van der Waals surface area contributed by atoms with Gasteiger partial charge in [-0.25, -0.2) is 9.97 Å². The third-order valence-electron chi connectivity index (χ3n) is 4.90. The van der Waals surface area contributed by atoms with E-state index in [-0.39, 0.29) is 17.7 Å². The summed E-state index contributed by atoms with van der Waals surface area (Å²) >= 11 is 0. The van der Waals surface area contributed by atoms with Gasteiger partial charge in [0.25, 0.3) is 0 Å². The highest BCUT2D eigenvalue weighted by atomic mass is 16.2. The molecule has 0 radical (unpaired) electrons. The third kappa shape index (κ3) is 3.40. The highest BCUT2D eigenvalue weighted by Gasteiger charge is 2.45. The molecule has 2 aromatic heterocycles. The summed E-state index contributed by atoms with van der Waals surface area (Å²) in [5.41, 5.74) is 4.25. The average molecular weight is 334 g/mol. The van der Waals surface area contributed by atoms with Crippen molar-refractivity contribution in [1.29, 1.82) is 0 Å². The van der Waals surface area contributed by atoms with Crippen LogP contribution in [-0.4, -0.2) is 27.4 Å². The summed E-state index contributed by atoms with van der Waals surface area (Å²) < 4.78 is 0. The lowest BCUT2D eigenvalue weighted by Gasteiger charge is -2.05. The number of aromatic nitrogens is 3. The molecule has 4 rings (SSSR count). The number of imidazole rings is 1. The average Bonchev–Trinajstić information content (AvgIpc) is 3.34. The third-order valence-corrected chi connectivity index (χ3v) is 4.90. The fourth-order valence-electron chi connectivity index (χ4n) is 3.23. The predicted octanol–water partition coefficient (Wildman–Crippen LogP) is 2.98. The van der Waals surface area contributed by atoms with Crippen LogP contribution in [0.25, 0.3) is 11.2 Å². The molecule has 1 amide bonds. The molecule has 0 bridgehead atoms. The number of rotatable bonds is 6. The van der Waals surface area contributed by atoms with Gasteiger partial charge in [0.15, 0.2) is 5.65 Å². The summed E-state index contributed by atoms with van der Waals surface area (Å²) in [6, 6.07) is 12.4. The minimum atomic E-state index is 0.0306. The van der Waals surface area contributed by atoms with Gasteiger partial charge in [-0.1, -0.05) is 31.2 Å². The van der Waals surface area contributed by atoms with E-state index in [4.69, 9.17) is 0 Å². The number of hydrogen-bond donors (Lipinski definition) is 2. The van der Waals surface area contributed by atoms with Crippen LogP contribution in [0.2, 0.25) is 0 Å². The molecular weight excluding hydrogens is 312 g/mol. The molecule has 5 nitrogen and oxygen atoms in total. The normalized spacial score (nSPS) is 19.1. The Morgan fingerprint density at radius 3 is 2.80 bits per heavy atom. The Morgan fingerprint density at radius 1 is 1.24 bits per heavy atom. The lowest BCUT2D eigenvalue weighted by atomic mass is 10.1. The van der Waals surface area contributed by atoms with Crippen molar-refractivity contribution < 1.29 is 4.79 Å². The van der Waals surface area contributed by atoms with Gasteiger partial charge in [0.1, 0.15) is 5.82 Å². The van der Waals surface area contributed by atoms with Crippen LogP contribution in [0, 0.1) is 5.92 Å². The zero-order chi connectivity index (χ0) is 17.2. The van der Waals surface area contributed by atoms with E-state index in [9.17, 15) is 4.79 Å². The number of aromatic amines is 1. The second-order valence-corrected chi connectivity index (χ2v) is 6.66. The molecule has 25 heavy (non-hydrogen) atoms. The molecule has 0 spiro atoms. The maximum absolute atomic E-state index is 12.3. The number of fused-ring (bicyclic) bond motifs is 1. The molecule has 1 saturated carbocycles. The number of carbonyl (C=O) groups excluding carboxylic acids is 1. The molecule has 0 unspecified atom stereocenters. The molecule has 1 fully saturated rings. The van der Waals surface area contributed by atoms with Crippen LogP contribution in [0.15, 0.2) is 42.6 Å². The van der Waals surface area contributed by atoms with Gasteiger partial charge in [-0.2, -0.15) is 0 Å². The fraction of sp³-hybridized carbons (Fsp3) is 0.350. The smallest absolute Gasteiger partial charge is 0.223 e. The van der Waals surface area contributed by atoms with Crippen LogP contribution < -0.4 is 5.32 Å². The van der Waals surface area contributed by atoms with Crippen LogP contribution in [-0.2, 0) is 17.6 Å². The number of nitrogens with zero attached hydrogens (tertiary/aromatic N) is 2. The minimum absolute atomic E-state index is 0.0306. The lowest BCUT2D eigenvalue weighted by molar-refractivity contribution is -0.122. The van der Waals surface area contributed by atoms with Crippen LogP contribution >= 0.6 is 0 Å². The molecule has 0 aliphatic heterocycles. The lowest BCUT2D eigenvalue weighted by Crippen LogP contribution is -2.27. The molecule has 2 N–H and O–H groups in total. The SMILES string of the molecule is CCc1ccc(CCNC(=O)[C@@H]2C[C@@H]2c2nc3ncccc3[nH]2)cc1. The summed E-state index contributed by atoms with van der Waals surface area (Å²) in [5.74, 6) is 1.23. The van der Waals surface area contributed by atoms with Gasteiger partial charge in [-0.3, -0.25) is 4.79 Å². The highest BCUT2D eigenvalue weighted by molar-refractivity contribution is 5.83. The fourth-order valence-corrected chi connectivity index (χ4v) is 3.23. The first kappa shape index (κ1) is 15.8. The van der Waals surface area contributed by atoms with Crippen LogP contribution in [0.5, 0.6) is 0 Å². The van der Waals surface area contributed by atoms with Crippen molar-refractivity contribution in [3.05, 3.63) is 59.5 Å². The maximum Gasteiger partial charge on any atom is 0.223 e. The number of hydrogen-bond acceptors (Lipinski definition) is 3. The number of benzene rings is 1. The quantitative estimate of drug-likeness (QED) is 0.728. The molecular formula is C20H22N4O. The van der Waals surface area contributed by atoms with Gasteiger partial charge < -0.3 is 10.3 Å². The van der Waals surface area contributed by atoms with E-state index in [1.54, 1.807) is 6.20 Å². The number of aryl methyl sites for hydroxylation is 1. The largest absolute Gasteiger partial charge is 0.356 e. The van der Waals surface area contributed by atoms with Crippen molar-refractivity contribution in [2.45, 2.75) is 32.1 Å². The van der Waals surface area contributed by atoms with Crippen LogP contribution in [0.3, 0.4) is 0 Å². The molecule has 0 saturated heterocycles. The Balaban J connectivity index is 1.29. The number of H-pyrrole nitrogens is 1. The summed E-state index contributed by atoms with van der Waals surface area (Å²) in [5, 5.41) is 3.06. The number of amides is 1. The minimum Gasteiger partial charge on any atom is -0.356 e. The van der Waals surface area contributed by atoms with Gasteiger partial charge in [-0.05, 0) is 42.5 Å². The summed E-state index contributed by atoms with van der Waals surface area (Å²) in [4.78, 5) is 24.3. The number of pyridine rings is 1. The first-order valence-corrected chi connectivity index (χ1v) is 8.90. The predicted molar refractivity (Wildman–Crippen MR) is 97.3 cm³/mol. The van der Waals surface area contributed by atoms with Gasteiger partial charge in [0, 0.05) is 24.6 Å². The molecule has 3 aromatic rings.